The Labute approximate surface area is 145 Å². The van der Waals surface area contributed by atoms with Gasteiger partial charge in [-0.2, -0.15) is 14.6 Å². The van der Waals surface area contributed by atoms with Crippen molar-refractivity contribution in [1.29, 1.82) is 0 Å². The van der Waals surface area contributed by atoms with E-state index in [2.05, 4.69) is 46.5 Å². The Bertz CT molecular complexity index is 819. The molecule has 0 aliphatic heterocycles. The van der Waals surface area contributed by atoms with Gasteiger partial charge in [0.25, 0.3) is 5.78 Å². The number of aromatic nitrogens is 5. The second-order valence-electron chi connectivity index (χ2n) is 6.61. The molecular weight excluding hydrogens is 324 g/mol. The summed E-state index contributed by atoms with van der Waals surface area (Å²) >= 11 is 1.72. The third-order valence-electron chi connectivity index (χ3n) is 3.48. The molecule has 3 aromatic rings. The molecule has 1 N–H and O–H groups in total. The minimum Gasteiger partial charge on any atom is -0.378 e. The van der Waals surface area contributed by atoms with Crippen molar-refractivity contribution in [2.75, 3.05) is 19.0 Å². The Morgan fingerprint density at radius 1 is 1.25 bits per heavy atom. The van der Waals surface area contributed by atoms with Crippen molar-refractivity contribution in [3.05, 3.63) is 34.2 Å². The fourth-order valence-corrected chi connectivity index (χ4v) is 3.24. The molecule has 0 amide bonds. The fourth-order valence-electron chi connectivity index (χ4n) is 2.29. The molecular formula is C16H22N6OS. The molecule has 0 aliphatic carbocycles. The Morgan fingerprint density at radius 3 is 2.79 bits per heavy atom. The molecule has 0 fully saturated rings. The van der Waals surface area contributed by atoms with E-state index in [-0.39, 0.29) is 5.41 Å². The van der Waals surface area contributed by atoms with Gasteiger partial charge in [-0.15, -0.1) is 11.3 Å². The number of hydrogen-bond acceptors (Lipinski definition) is 7. The lowest BCUT2D eigenvalue weighted by atomic mass is 9.98. The highest BCUT2D eigenvalue weighted by atomic mass is 32.1. The van der Waals surface area contributed by atoms with Gasteiger partial charge < -0.3 is 10.1 Å². The van der Waals surface area contributed by atoms with Gasteiger partial charge in [0.1, 0.15) is 12.1 Å². The molecule has 0 radical (unpaired) electrons. The summed E-state index contributed by atoms with van der Waals surface area (Å²) in [6.45, 7) is 7.76. The maximum absolute atomic E-state index is 5.16. The van der Waals surface area contributed by atoms with E-state index in [1.165, 1.54) is 11.3 Å². The van der Waals surface area contributed by atoms with Crippen molar-refractivity contribution in [3.8, 4) is 0 Å². The smallest absolute Gasteiger partial charge is 0.254 e. The van der Waals surface area contributed by atoms with Crippen LogP contribution in [0.3, 0.4) is 0 Å². The molecule has 0 aliphatic rings. The van der Waals surface area contributed by atoms with Crippen molar-refractivity contribution in [3.63, 3.8) is 0 Å². The van der Waals surface area contributed by atoms with Crippen molar-refractivity contribution in [1.82, 2.24) is 24.6 Å². The van der Waals surface area contributed by atoms with Gasteiger partial charge in [-0.1, -0.05) is 20.8 Å². The number of anilines is 1. The molecule has 7 nitrogen and oxygen atoms in total. The van der Waals surface area contributed by atoms with Gasteiger partial charge in [0.15, 0.2) is 0 Å². The van der Waals surface area contributed by atoms with Crippen LogP contribution < -0.4 is 5.32 Å². The number of ether oxygens (including phenoxy) is 1. The molecule has 0 spiro atoms. The molecule has 128 valence electrons. The Hall–Kier alpha value is -2.06. The van der Waals surface area contributed by atoms with Crippen LogP contribution in [0, 0.1) is 0 Å². The van der Waals surface area contributed by atoms with Crippen molar-refractivity contribution in [2.45, 2.75) is 39.2 Å². The zero-order valence-electron chi connectivity index (χ0n) is 14.4. The highest BCUT2D eigenvalue weighted by molar-refractivity contribution is 7.09. The van der Waals surface area contributed by atoms with E-state index in [4.69, 9.17) is 9.72 Å². The van der Waals surface area contributed by atoms with Crippen LogP contribution in [-0.2, 0) is 23.2 Å². The van der Waals surface area contributed by atoms with Gasteiger partial charge in [0.2, 0.25) is 0 Å². The number of methoxy groups -OCH3 is 1. The summed E-state index contributed by atoms with van der Waals surface area (Å²) < 4.78 is 6.86. The first-order valence-corrected chi connectivity index (χ1v) is 8.72. The summed E-state index contributed by atoms with van der Waals surface area (Å²) in [7, 11) is 1.65. The third kappa shape index (κ3) is 3.70. The number of nitrogens with one attached hydrogen (secondary N) is 1. The summed E-state index contributed by atoms with van der Waals surface area (Å²) in [5, 5.41) is 10.9. The maximum Gasteiger partial charge on any atom is 0.254 e. The van der Waals surface area contributed by atoms with Crippen LogP contribution in [0.25, 0.3) is 5.78 Å². The predicted molar refractivity (Wildman–Crippen MR) is 94.5 cm³/mol. The van der Waals surface area contributed by atoms with Crippen LogP contribution in [0.5, 0.6) is 0 Å². The summed E-state index contributed by atoms with van der Waals surface area (Å²) in [5.74, 6) is 1.42. The van der Waals surface area contributed by atoms with Crippen LogP contribution in [0.2, 0.25) is 0 Å². The largest absolute Gasteiger partial charge is 0.378 e. The highest BCUT2D eigenvalue weighted by Crippen LogP contribution is 2.25. The summed E-state index contributed by atoms with van der Waals surface area (Å²) in [6.07, 6.45) is 2.35. The normalized spacial score (nSPS) is 12.0. The van der Waals surface area contributed by atoms with E-state index in [9.17, 15) is 0 Å². The number of fused-ring (bicyclic) bond motifs is 1. The van der Waals surface area contributed by atoms with E-state index in [1.54, 1.807) is 23.0 Å². The van der Waals surface area contributed by atoms with Crippen LogP contribution in [0.1, 0.15) is 37.2 Å². The zero-order valence-corrected chi connectivity index (χ0v) is 15.2. The monoisotopic (exact) mass is 346 g/mol. The van der Waals surface area contributed by atoms with Crippen LogP contribution in [-0.4, -0.2) is 38.2 Å². The van der Waals surface area contributed by atoms with Gasteiger partial charge in [-0.25, -0.2) is 9.97 Å². The van der Waals surface area contributed by atoms with E-state index >= 15 is 0 Å². The van der Waals surface area contributed by atoms with Gasteiger partial charge in [0, 0.05) is 36.9 Å². The van der Waals surface area contributed by atoms with E-state index < -0.39 is 0 Å². The van der Waals surface area contributed by atoms with Gasteiger partial charge in [-0.05, 0) is 0 Å². The summed E-state index contributed by atoms with van der Waals surface area (Å²) in [6, 6.07) is 1.94. The minimum atomic E-state index is 0.101. The molecule has 0 bridgehead atoms. The summed E-state index contributed by atoms with van der Waals surface area (Å²) in [4.78, 5) is 13.3. The lowest BCUT2D eigenvalue weighted by Crippen LogP contribution is -2.12. The standard InChI is InChI=1S/C16H22N6OS/c1-16(2,3)14-20-11(9-24-14)5-6-17-13-7-12(8-23-4)21-15-18-10-19-22(13)15/h7,9-10,17H,5-6,8H2,1-4H3. The second kappa shape index (κ2) is 6.82. The Kier molecular flexibility index (Phi) is 4.77. The van der Waals surface area contributed by atoms with Gasteiger partial charge in [-0.3, -0.25) is 0 Å². The van der Waals surface area contributed by atoms with Crippen molar-refractivity contribution in [2.24, 2.45) is 0 Å². The zero-order chi connectivity index (χ0) is 17.2. The molecule has 0 saturated heterocycles. The van der Waals surface area contributed by atoms with Crippen molar-refractivity contribution < 1.29 is 4.74 Å². The van der Waals surface area contributed by atoms with E-state index in [0.29, 0.717) is 12.4 Å². The lowest BCUT2D eigenvalue weighted by molar-refractivity contribution is 0.181. The van der Waals surface area contributed by atoms with Gasteiger partial charge in [0.05, 0.1) is 23.0 Å². The predicted octanol–water partition coefficient (Wildman–Crippen LogP) is 2.68. The minimum absolute atomic E-state index is 0.101. The second-order valence-corrected chi connectivity index (χ2v) is 7.47. The van der Waals surface area contributed by atoms with Crippen LogP contribution >= 0.6 is 11.3 Å². The molecule has 0 aromatic carbocycles. The Morgan fingerprint density at radius 2 is 2.08 bits per heavy atom. The van der Waals surface area contributed by atoms with Crippen LogP contribution in [0.4, 0.5) is 5.82 Å². The number of rotatable bonds is 6. The molecule has 3 heterocycles. The number of hydrogen-bond donors (Lipinski definition) is 1. The first kappa shape index (κ1) is 16.8. The molecule has 8 heteroatoms. The Balaban J connectivity index is 1.69. The fraction of sp³-hybridized carbons (Fsp3) is 0.500. The first-order chi connectivity index (χ1) is 11.5. The quantitative estimate of drug-likeness (QED) is 0.739. The molecule has 3 rings (SSSR count). The third-order valence-corrected chi connectivity index (χ3v) is 4.79. The SMILES string of the molecule is COCc1cc(NCCc2csc(C(C)(C)C)n2)n2ncnc2n1. The summed E-state index contributed by atoms with van der Waals surface area (Å²) in [5.41, 5.74) is 2.03. The average molecular weight is 346 g/mol. The maximum atomic E-state index is 5.16. The molecule has 0 unspecified atom stereocenters. The van der Waals surface area contributed by atoms with E-state index in [0.717, 1.165) is 30.2 Å². The van der Waals surface area contributed by atoms with E-state index in [1.807, 2.05) is 6.07 Å². The van der Waals surface area contributed by atoms with Gasteiger partial charge >= 0.3 is 0 Å². The van der Waals surface area contributed by atoms with Crippen molar-refractivity contribution >= 4 is 22.9 Å². The average Bonchev–Trinajstić information content (AvgIpc) is 3.15. The number of thiazole rings is 1. The molecule has 0 saturated carbocycles. The first-order valence-electron chi connectivity index (χ1n) is 7.85. The number of nitrogens with zero attached hydrogens (tertiary/aromatic N) is 5. The molecule has 3 aromatic heterocycles. The highest BCUT2D eigenvalue weighted by Gasteiger charge is 2.17. The van der Waals surface area contributed by atoms with Crippen LogP contribution in [0.15, 0.2) is 17.8 Å². The molecule has 0 atom stereocenters. The lowest BCUT2D eigenvalue weighted by Gasteiger charge is -2.13. The topological polar surface area (TPSA) is 77.2 Å². The molecule has 24 heavy (non-hydrogen) atoms.